The maximum absolute atomic E-state index is 12.8. The normalized spacial score (nSPS) is 16.6. The minimum absolute atomic E-state index is 0.0869. The van der Waals surface area contributed by atoms with Crippen molar-refractivity contribution < 1.29 is 27.2 Å². The molecular formula is C22H26N4O6S. The van der Waals surface area contributed by atoms with Gasteiger partial charge in [0.25, 0.3) is 5.91 Å². The number of imidazole rings is 1. The van der Waals surface area contributed by atoms with Crippen molar-refractivity contribution in [3.05, 3.63) is 48.2 Å². The summed E-state index contributed by atoms with van der Waals surface area (Å²) in [6.45, 7) is 2.86. The van der Waals surface area contributed by atoms with Crippen LogP contribution in [0.15, 0.2) is 45.9 Å². The number of aryl methyl sites for hydroxylation is 1. The first-order valence-corrected chi connectivity index (χ1v) is 12.1. The quantitative estimate of drug-likeness (QED) is 0.482. The highest BCUT2D eigenvalue weighted by Crippen LogP contribution is 2.24. The Morgan fingerprint density at radius 1 is 1.27 bits per heavy atom. The van der Waals surface area contributed by atoms with E-state index in [9.17, 15) is 18.0 Å². The molecule has 176 valence electrons. The van der Waals surface area contributed by atoms with Crippen LogP contribution in [0.3, 0.4) is 0 Å². The molecule has 0 bridgehead atoms. The van der Waals surface area contributed by atoms with E-state index in [1.807, 2.05) is 11.5 Å². The highest BCUT2D eigenvalue weighted by molar-refractivity contribution is 7.89. The molecule has 2 aromatic heterocycles. The zero-order valence-electron chi connectivity index (χ0n) is 18.7. The molecule has 1 amide bonds. The summed E-state index contributed by atoms with van der Waals surface area (Å²) in [6.07, 6.45) is 2.63. The van der Waals surface area contributed by atoms with Crippen LogP contribution >= 0.6 is 0 Å². The van der Waals surface area contributed by atoms with Gasteiger partial charge in [-0.05, 0) is 50.1 Å². The van der Waals surface area contributed by atoms with E-state index in [0.29, 0.717) is 37.3 Å². The fourth-order valence-corrected chi connectivity index (χ4v) is 4.94. The predicted molar refractivity (Wildman–Crippen MR) is 119 cm³/mol. The highest BCUT2D eigenvalue weighted by Gasteiger charge is 2.36. The van der Waals surface area contributed by atoms with Gasteiger partial charge in [0.1, 0.15) is 18.5 Å². The maximum atomic E-state index is 12.8. The number of hydrogen-bond donors (Lipinski definition) is 0. The molecule has 10 nitrogen and oxygen atoms in total. The van der Waals surface area contributed by atoms with Crippen molar-refractivity contribution in [3.63, 3.8) is 0 Å². The molecule has 0 aliphatic carbocycles. The number of fused-ring (bicyclic) bond motifs is 1. The Labute approximate surface area is 191 Å². The van der Waals surface area contributed by atoms with Crippen LogP contribution in [0, 0.1) is 0 Å². The smallest absolute Gasteiger partial charge is 0.329 e. The van der Waals surface area contributed by atoms with E-state index < -0.39 is 22.0 Å². The van der Waals surface area contributed by atoms with Gasteiger partial charge in [-0.3, -0.25) is 4.79 Å². The largest absolute Gasteiger partial charge is 0.459 e. The summed E-state index contributed by atoms with van der Waals surface area (Å²) in [5.41, 5.74) is 1.25. The van der Waals surface area contributed by atoms with Crippen LogP contribution in [0.4, 0.5) is 0 Å². The Morgan fingerprint density at radius 3 is 2.73 bits per heavy atom. The molecule has 4 rings (SSSR count). The van der Waals surface area contributed by atoms with Gasteiger partial charge in [-0.2, -0.15) is 0 Å². The van der Waals surface area contributed by atoms with E-state index in [1.165, 1.54) is 37.4 Å². The fourth-order valence-electron chi connectivity index (χ4n) is 4.02. The summed E-state index contributed by atoms with van der Waals surface area (Å²) in [5, 5.41) is 0. The molecule has 33 heavy (non-hydrogen) atoms. The zero-order chi connectivity index (χ0) is 23.8. The van der Waals surface area contributed by atoms with Gasteiger partial charge >= 0.3 is 5.97 Å². The van der Waals surface area contributed by atoms with Crippen molar-refractivity contribution in [2.75, 3.05) is 20.6 Å². The Morgan fingerprint density at radius 2 is 2.06 bits per heavy atom. The summed E-state index contributed by atoms with van der Waals surface area (Å²) in [7, 11) is -0.654. The number of aromatic nitrogens is 2. The van der Waals surface area contributed by atoms with E-state index in [-0.39, 0.29) is 23.2 Å². The predicted octanol–water partition coefficient (Wildman–Crippen LogP) is 2.25. The molecule has 3 heterocycles. The van der Waals surface area contributed by atoms with Crippen LogP contribution in [-0.4, -0.2) is 65.7 Å². The molecule has 1 atom stereocenters. The summed E-state index contributed by atoms with van der Waals surface area (Å²) in [4.78, 5) is 31.6. The van der Waals surface area contributed by atoms with Crippen molar-refractivity contribution in [2.45, 2.75) is 43.9 Å². The molecule has 0 radical (unpaired) electrons. The SMILES string of the molecule is CCn1c(COC(=O)C2CCCN2C(=O)c2ccco2)nc2cc(S(=O)(=O)N(C)C)ccc21. The molecule has 0 saturated carbocycles. The Balaban J connectivity index is 1.52. The first-order valence-electron chi connectivity index (χ1n) is 10.7. The summed E-state index contributed by atoms with van der Waals surface area (Å²) >= 11 is 0. The monoisotopic (exact) mass is 474 g/mol. The number of hydrogen-bond acceptors (Lipinski definition) is 7. The Kier molecular flexibility index (Phi) is 6.26. The standard InChI is InChI=1S/C22H26N4O6S/c1-4-25-17-10-9-15(33(29,30)24(2)3)13-16(17)23-20(25)14-32-22(28)18-7-5-11-26(18)21(27)19-8-6-12-31-19/h6,8-10,12-13,18H,4-5,7,11,14H2,1-3H3. The number of benzene rings is 1. The number of rotatable bonds is 7. The lowest BCUT2D eigenvalue weighted by Gasteiger charge is -2.22. The average molecular weight is 475 g/mol. The molecule has 11 heteroatoms. The van der Waals surface area contributed by atoms with Crippen LogP contribution in [0.1, 0.15) is 36.1 Å². The summed E-state index contributed by atoms with van der Waals surface area (Å²) < 4.78 is 38.6. The number of carbonyl (C=O) groups excluding carboxylic acids is 2. The third-order valence-electron chi connectivity index (χ3n) is 5.75. The topological polar surface area (TPSA) is 115 Å². The Hall–Kier alpha value is -3.18. The molecule has 1 aromatic carbocycles. The average Bonchev–Trinajstić information content (AvgIpc) is 3.55. The summed E-state index contributed by atoms with van der Waals surface area (Å²) in [6, 6.07) is 7.27. The lowest BCUT2D eigenvalue weighted by Crippen LogP contribution is -2.41. The van der Waals surface area contributed by atoms with Crippen molar-refractivity contribution >= 4 is 32.9 Å². The van der Waals surface area contributed by atoms with Crippen LogP contribution in [0.2, 0.25) is 0 Å². The molecular weight excluding hydrogens is 448 g/mol. The lowest BCUT2D eigenvalue weighted by atomic mass is 10.2. The molecule has 0 N–H and O–H groups in total. The molecule has 0 spiro atoms. The van der Waals surface area contributed by atoms with Crippen molar-refractivity contribution in [1.82, 2.24) is 18.8 Å². The van der Waals surface area contributed by atoms with Crippen molar-refractivity contribution in [3.8, 4) is 0 Å². The van der Waals surface area contributed by atoms with Gasteiger partial charge in [0.2, 0.25) is 10.0 Å². The molecule has 1 unspecified atom stereocenters. The molecule has 3 aromatic rings. The van der Waals surface area contributed by atoms with Crippen molar-refractivity contribution in [1.29, 1.82) is 0 Å². The number of furan rings is 1. The molecule has 1 aliphatic heterocycles. The fraction of sp³-hybridized carbons (Fsp3) is 0.409. The van der Waals surface area contributed by atoms with Crippen LogP contribution in [0.25, 0.3) is 11.0 Å². The number of ether oxygens (including phenoxy) is 1. The second-order valence-electron chi connectivity index (χ2n) is 7.95. The van der Waals surface area contributed by atoms with Crippen LogP contribution in [0.5, 0.6) is 0 Å². The lowest BCUT2D eigenvalue weighted by molar-refractivity contribution is -0.149. The molecule has 1 saturated heterocycles. The maximum Gasteiger partial charge on any atom is 0.329 e. The van der Waals surface area contributed by atoms with Gasteiger partial charge in [0, 0.05) is 27.2 Å². The number of sulfonamides is 1. The molecule has 1 fully saturated rings. The first kappa shape index (κ1) is 23.0. The van der Waals surface area contributed by atoms with E-state index in [0.717, 1.165) is 9.82 Å². The third-order valence-corrected chi connectivity index (χ3v) is 7.57. The van der Waals surface area contributed by atoms with Gasteiger partial charge in [0.05, 0.1) is 22.2 Å². The van der Waals surface area contributed by atoms with Gasteiger partial charge in [-0.1, -0.05) is 0 Å². The Bertz CT molecular complexity index is 1280. The third kappa shape index (κ3) is 4.25. The van der Waals surface area contributed by atoms with E-state index in [1.54, 1.807) is 18.2 Å². The number of amides is 1. The molecule has 1 aliphatic rings. The van der Waals surface area contributed by atoms with Crippen LogP contribution in [-0.2, 0) is 32.7 Å². The van der Waals surface area contributed by atoms with Gasteiger partial charge < -0.3 is 18.6 Å². The second-order valence-corrected chi connectivity index (χ2v) is 10.1. The zero-order valence-corrected chi connectivity index (χ0v) is 19.5. The second kappa shape index (κ2) is 8.99. The summed E-state index contributed by atoms with van der Waals surface area (Å²) in [5.74, 6) is -0.152. The number of nitrogens with zero attached hydrogens (tertiary/aromatic N) is 4. The highest BCUT2D eigenvalue weighted by atomic mass is 32.2. The van der Waals surface area contributed by atoms with E-state index >= 15 is 0 Å². The minimum atomic E-state index is -3.59. The van der Waals surface area contributed by atoms with E-state index in [2.05, 4.69) is 4.98 Å². The first-order chi connectivity index (χ1) is 15.7. The van der Waals surface area contributed by atoms with Crippen LogP contribution < -0.4 is 0 Å². The van der Waals surface area contributed by atoms with E-state index in [4.69, 9.17) is 9.15 Å². The number of carbonyl (C=O) groups is 2. The van der Waals surface area contributed by atoms with Crippen molar-refractivity contribution in [2.24, 2.45) is 0 Å². The number of likely N-dealkylation sites (tertiary alicyclic amines) is 1. The minimum Gasteiger partial charge on any atom is -0.459 e. The van der Waals surface area contributed by atoms with Gasteiger partial charge in [-0.25, -0.2) is 22.5 Å². The van der Waals surface area contributed by atoms with Gasteiger partial charge in [-0.15, -0.1) is 0 Å². The number of esters is 1. The van der Waals surface area contributed by atoms with Gasteiger partial charge in [0.15, 0.2) is 5.76 Å².